The summed E-state index contributed by atoms with van der Waals surface area (Å²) in [6, 6.07) is 0.238. The average molecular weight is 262 g/mol. The molecular weight excluding hydrogens is 240 g/mol. The van der Waals surface area contributed by atoms with Crippen molar-refractivity contribution in [2.75, 3.05) is 19.6 Å². The minimum absolute atomic E-state index is 0.0551. The number of piperidine rings is 1. The van der Waals surface area contributed by atoms with Gasteiger partial charge in [-0.2, -0.15) is 0 Å². The van der Waals surface area contributed by atoms with E-state index < -0.39 is 0 Å². The lowest BCUT2D eigenvalue weighted by Crippen LogP contribution is -2.47. The van der Waals surface area contributed by atoms with Gasteiger partial charge in [-0.1, -0.05) is 6.92 Å². The van der Waals surface area contributed by atoms with Crippen molar-refractivity contribution in [3.05, 3.63) is 23.3 Å². The van der Waals surface area contributed by atoms with E-state index in [4.69, 9.17) is 0 Å². The van der Waals surface area contributed by atoms with Gasteiger partial charge >= 0.3 is 0 Å². The van der Waals surface area contributed by atoms with Crippen LogP contribution < -0.4 is 5.32 Å². The molecule has 1 aliphatic heterocycles. The van der Waals surface area contributed by atoms with E-state index in [1.165, 1.54) is 0 Å². The van der Waals surface area contributed by atoms with Gasteiger partial charge in [0.15, 0.2) is 0 Å². The average Bonchev–Trinajstić information content (AvgIpc) is 2.38. The largest absolute Gasteiger partial charge is 0.348 e. The Morgan fingerprint density at radius 3 is 3.00 bits per heavy atom. The number of hydrogen-bond acceptors (Lipinski definition) is 4. The van der Waals surface area contributed by atoms with E-state index >= 15 is 0 Å². The molecule has 0 bridgehead atoms. The Morgan fingerprint density at radius 1 is 1.53 bits per heavy atom. The fourth-order valence-corrected chi connectivity index (χ4v) is 2.53. The van der Waals surface area contributed by atoms with Crippen molar-refractivity contribution in [1.29, 1.82) is 0 Å². The molecule has 5 nitrogen and oxygen atoms in total. The van der Waals surface area contributed by atoms with Crippen LogP contribution >= 0.6 is 0 Å². The highest BCUT2D eigenvalue weighted by molar-refractivity contribution is 5.95. The SMILES string of the molecule is CCN1CCCC(NC(=O)c2cnc(C)nc2C)C1. The van der Waals surface area contributed by atoms with Crippen LogP contribution in [0.1, 0.15) is 41.6 Å². The quantitative estimate of drug-likeness (QED) is 0.892. The minimum atomic E-state index is -0.0551. The van der Waals surface area contributed by atoms with Crippen molar-refractivity contribution in [3.8, 4) is 0 Å². The van der Waals surface area contributed by atoms with E-state index in [9.17, 15) is 4.79 Å². The van der Waals surface area contributed by atoms with E-state index in [2.05, 4.69) is 27.1 Å². The summed E-state index contributed by atoms with van der Waals surface area (Å²) in [7, 11) is 0. The second-order valence-electron chi connectivity index (χ2n) is 5.12. The van der Waals surface area contributed by atoms with Gasteiger partial charge in [0.1, 0.15) is 5.82 Å². The minimum Gasteiger partial charge on any atom is -0.348 e. The maximum atomic E-state index is 12.2. The molecule has 2 heterocycles. The lowest BCUT2D eigenvalue weighted by molar-refractivity contribution is 0.0904. The molecule has 1 unspecified atom stereocenters. The normalized spacial score (nSPS) is 20.3. The highest BCUT2D eigenvalue weighted by Gasteiger charge is 2.21. The Kier molecular flexibility index (Phi) is 4.47. The lowest BCUT2D eigenvalue weighted by Gasteiger charge is -2.32. The van der Waals surface area contributed by atoms with Crippen LogP contribution in [0.4, 0.5) is 0 Å². The molecule has 2 rings (SSSR count). The first kappa shape index (κ1) is 13.9. The molecule has 1 aromatic rings. The zero-order valence-corrected chi connectivity index (χ0v) is 11.9. The van der Waals surface area contributed by atoms with Crippen LogP contribution in [0.5, 0.6) is 0 Å². The van der Waals surface area contributed by atoms with E-state index in [1.54, 1.807) is 6.20 Å². The van der Waals surface area contributed by atoms with Gasteiger partial charge < -0.3 is 10.2 Å². The maximum Gasteiger partial charge on any atom is 0.254 e. The van der Waals surface area contributed by atoms with Crippen LogP contribution in [0.25, 0.3) is 0 Å². The van der Waals surface area contributed by atoms with Crippen LogP contribution in [-0.4, -0.2) is 46.5 Å². The first-order valence-electron chi connectivity index (χ1n) is 6.93. The number of aromatic nitrogens is 2. The first-order chi connectivity index (χ1) is 9.10. The number of rotatable bonds is 3. The van der Waals surface area contributed by atoms with Gasteiger partial charge in [-0.15, -0.1) is 0 Å². The number of amides is 1. The van der Waals surface area contributed by atoms with Crippen LogP contribution in [0.3, 0.4) is 0 Å². The third kappa shape index (κ3) is 3.50. The number of carbonyl (C=O) groups is 1. The van der Waals surface area contributed by atoms with Crippen LogP contribution in [0, 0.1) is 13.8 Å². The zero-order valence-electron chi connectivity index (χ0n) is 11.9. The van der Waals surface area contributed by atoms with Crippen molar-refractivity contribution in [2.24, 2.45) is 0 Å². The Balaban J connectivity index is 2.00. The highest BCUT2D eigenvalue weighted by atomic mass is 16.1. The second-order valence-corrected chi connectivity index (χ2v) is 5.12. The van der Waals surface area contributed by atoms with Crippen molar-refractivity contribution < 1.29 is 4.79 Å². The lowest BCUT2D eigenvalue weighted by atomic mass is 10.1. The van der Waals surface area contributed by atoms with Gasteiger partial charge in [0.05, 0.1) is 11.3 Å². The third-order valence-corrected chi connectivity index (χ3v) is 3.63. The van der Waals surface area contributed by atoms with Crippen LogP contribution in [-0.2, 0) is 0 Å². The number of likely N-dealkylation sites (N-methyl/N-ethyl adjacent to an activating group) is 1. The third-order valence-electron chi connectivity index (χ3n) is 3.63. The van der Waals surface area contributed by atoms with Crippen LogP contribution in [0.2, 0.25) is 0 Å². The summed E-state index contributed by atoms with van der Waals surface area (Å²) >= 11 is 0. The number of aryl methyl sites for hydroxylation is 2. The number of likely N-dealkylation sites (tertiary alicyclic amines) is 1. The number of hydrogen-bond donors (Lipinski definition) is 1. The number of nitrogens with zero attached hydrogens (tertiary/aromatic N) is 3. The standard InChI is InChI=1S/C14H22N4O/c1-4-18-7-5-6-12(9-18)17-14(19)13-8-15-11(3)16-10(13)2/h8,12H,4-7,9H2,1-3H3,(H,17,19). The van der Waals surface area contributed by atoms with Gasteiger partial charge in [-0.25, -0.2) is 9.97 Å². The molecule has 104 valence electrons. The summed E-state index contributed by atoms with van der Waals surface area (Å²) in [4.78, 5) is 22.9. The van der Waals surface area contributed by atoms with E-state index in [0.717, 1.165) is 38.2 Å². The monoisotopic (exact) mass is 262 g/mol. The topological polar surface area (TPSA) is 58.1 Å². The molecule has 0 aromatic carbocycles. The molecule has 0 radical (unpaired) electrons. The summed E-state index contributed by atoms with van der Waals surface area (Å²) in [6.07, 6.45) is 3.81. The molecule has 1 atom stereocenters. The van der Waals surface area contributed by atoms with E-state index in [0.29, 0.717) is 11.4 Å². The van der Waals surface area contributed by atoms with Crippen molar-refractivity contribution >= 4 is 5.91 Å². The van der Waals surface area contributed by atoms with Gasteiger partial charge in [0, 0.05) is 18.8 Å². The Bertz CT molecular complexity index is 461. The highest BCUT2D eigenvalue weighted by Crippen LogP contribution is 2.11. The first-order valence-corrected chi connectivity index (χ1v) is 6.93. The summed E-state index contributed by atoms with van der Waals surface area (Å²) in [5.41, 5.74) is 1.33. The van der Waals surface area contributed by atoms with E-state index in [-0.39, 0.29) is 11.9 Å². The number of carbonyl (C=O) groups excluding carboxylic acids is 1. The molecule has 1 saturated heterocycles. The molecule has 1 aliphatic rings. The Labute approximate surface area is 114 Å². The molecule has 5 heteroatoms. The number of nitrogens with one attached hydrogen (secondary N) is 1. The molecule has 0 aliphatic carbocycles. The molecule has 19 heavy (non-hydrogen) atoms. The second kappa shape index (κ2) is 6.10. The molecular formula is C14H22N4O. The molecule has 1 aromatic heterocycles. The summed E-state index contributed by atoms with van der Waals surface area (Å²) in [6.45, 7) is 8.95. The Morgan fingerprint density at radius 2 is 2.32 bits per heavy atom. The smallest absolute Gasteiger partial charge is 0.254 e. The maximum absolute atomic E-state index is 12.2. The predicted octanol–water partition coefficient (Wildman–Crippen LogP) is 1.31. The van der Waals surface area contributed by atoms with Gasteiger partial charge in [-0.3, -0.25) is 4.79 Å². The summed E-state index contributed by atoms with van der Waals surface area (Å²) in [5.74, 6) is 0.643. The molecule has 0 spiro atoms. The van der Waals surface area contributed by atoms with Gasteiger partial charge in [-0.05, 0) is 39.8 Å². The molecule has 0 saturated carbocycles. The van der Waals surface area contributed by atoms with Crippen molar-refractivity contribution in [1.82, 2.24) is 20.2 Å². The predicted molar refractivity (Wildman–Crippen MR) is 74.1 cm³/mol. The summed E-state index contributed by atoms with van der Waals surface area (Å²) in [5, 5.41) is 3.10. The van der Waals surface area contributed by atoms with Crippen molar-refractivity contribution in [2.45, 2.75) is 39.7 Å². The van der Waals surface area contributed by atoms with Crippen molar-refractivity contribution in [3.63, 3.8) is 0 Å². The molecule has 1 amide bonds. The Hall–Kier alpha value is -1.49. The van der Waals surface area contributed by atoms with Crippen LogP contribution in [0.15, 0.2) is 6.20 Å². The molecule has 1 N–H and O–H groups in total. The summed E-state index contributed by atoms with van der Waals surface area (Å²) < 4.78 is 0. The van der Waals surface area contributed by atoms with E-state index in [1.807, 2.05) is 13.8 Å². The fraction of sp³-hybridized carbons (Fsp3) is 0.643. The van der Waals surface area contributed by atoms with Gasteiger partial charge in [0.25, 0.3) is 5.91 Å². The fourth-order valence-electron chi connectivity index (χ4n) is 2.53. The van der Waals surface area contributed by atoms with Gasteiger partial charge in [0.2, 0.25) is 0 Å². The zero-order chi connectivity index (χ0) is 13.8. The molecule has 1 fully saturated rings.